The van der Waals surface area contributed by atoms with Gasteiger partial charge in [0, 0.05) is 34.1 Å². The number of fused-ring (bicyclic) bond motifs is 3. The molecule has 0 aliphatic carbocycles. The van der Waals surface area contributed by atoms with Gasteiger partial charge in [-0.15, -0.1) is 5.54 Å². The first kappa shape index (κ1) is 36.0. The van der Waals surface area contributed by atoms with Crippen LogP contribution in [0.1, 0.15) is 84.6 Å². The first-order valence-corrected chi connectivity index (χ1v) is 18.1. The van der Waals surface area contributed by atoms with Crippen molar-refractivity contribution < 1.29 is 36.6 Å². The van der Waals surface area contributed by atoms with Crippen molar-refractivity contribution in [1.29, 1.82) is 0 Å². The van der Waals surface area contributed by atoms with Gasteiger partial charge in [0.1, 0.15) is 30.9 Å². The topological polar surface area (TPSA) is 110 Å². The fourth-order valence-electron chi connectivity index (χ4n) is 7.46. The summed E-state index contributed by atoms with van der Waals surface area (Å²) < 4.78 is 74.8. The van der Waals surface area contributed by atoms with E-state index in [1.54, 1.807) is 7.05 Å². The van der Waals surface area contributed by atoms with E-state index in [0.717, 1.165) is 18.2 Å². The van der Waals surface area contributed by atoms with E-state index in [-0.39, 0.29) is 49.9 Å². The van der Waals surface area contributed by atoms with Crippen molar-refractivity contribution in [2.45, 2.75) is 70.1 Å². The largest absolute Gasteiger partial charge is 0.417 e. The number of hydrogen-bond donors (Lipinski definition) is 3. The number of rotatable bonds is 6. The SMILES string of the molecule is CC(C)[Si](C#Cc1c2cc(-c3c(C(N)=O)cc(F)cc3C(F)(F)F)c3c(c2nn1C)C(=O)NC3(O)c1cc(F)ccc1Cl)(C(C)C)C(C)C. The third kappa shape index (κ3) is 5.69. The predicted molar refractivity (Wildman–Crippen MR) is 179 cm³/mol. The maximum absolute atomic E-state index is 14.7. The average molecular weight is 717 g/mol. The second kappa shape index (κ2) is 12.3. The van der Waals surface area contributed by atoms with Crippen molar-refractivity contribution in [3.05, 3.63) is 86.6 Å². The quantitative estimate of drug-likeness (QED) is 0.108. The lowest BCUT2D eigenvalue weighted by molar-refractivity contribution is -0.137. The van der Waals surface area contributed by atoms with Crippen LogP contribution in [-0.2, 0) is 18.9 Å². The highest BCUT2D eigenvalue weighted by atomic mass is 35.5. The lowest BCUT2D eigenvalue weighted by Gasteiger charge is -2.38. The van der Waals surface area contributed by atoms with Gasteiger partial charge in [-0.05, 0) is 58.6 Å². The number of amides is 2. The molecule has 0 saturated carbocycles. The standard InChI is InChI=1S/C35H34ClF5N4O3Si/c1-16(2)49(17(3)4,18(5)6)11-10-27-21-15-22(28-23(32(42)46)12-20(38)14-25(28)35(39,40)41)30-29(31(21)44-45(27)7)33(47)43-34(30,48)24-13-19(37)8-9-26(24)36/h8-9,12-18,48H,1-7H3,(H2,42,46)(H,43,47). The second-order valence-electron chi connectivity index (χ2n) is 13.2. The molecule has 0 spiro atoms. The summed E-state index contributed by atoms with van der Waals surface area (Å²) in [6.45, 7) is 12.6. The van der Waals surface area contributed by atoms with E-state index in [1.807, 2.05) is 0 Å². The highest BCUT2D eigenvalue weighted by molar-refractivity contribution is 6.90. The molecule has 258 valence electrons. The zero-order valence-electron chi connectivity index (χ0n) is 27.7. The molecular formula is C35H34ClF5N4O3Si. The molecule has 5 rings (SSSR count). The summed E-state index contributed by atoms with van der Waals surface area (Å²) in [7, 11) is -0.820. The summed E-state index contributed by atoms with van der Waals surface area (Å²) in [6, 6.07) is 4.85. The van der Waals surface area contributed by atoms with Gasteiger partial charge in [-0.2, -0.15) is 18.3 Å². The molecule has 1 aliphatic heterocycles. The Morgan fingerprint density at radius 2 is 1.63 bits per heavy atom. The molecule has 1 atom stereocenters. The number of aryl methyl sites for hydroxylation is 1. The molecule has 1 unspecified atom stereocenters. The number of carbonyl (C=O) groups is 2. The van der Waals surface area contributed by atoms with Crippen LogP contribution >= 0.6 is 11.6 Å². The number of aromatic nitrogens is 2. The Morgan fingerprint density at radius 3 is 2.18 bits per heavy atom. The van der Waals surface area contributed by atoms with E-state index in [0.29, 0.717) is 6.07 Å². The van der Waals surface area contributed by atoms with Crippen LogP contribution in [0, 0.1) is 23.1 Å². The number of alkyl halides is 3. The summed E-state index contributed by atoms with van der Waals surface area (Å²) in [6.07, 6.45) is -5.25. The van der Waals surface area contributed by atoms with Gasteiger partial charge >= 0.3 is 6.18 Å². The molecule has 2 heterocycles. The minimum atomic E-state index is -5.25. The molecule has 14 heteroatoms. The van der Waals surface area contributed by atoms with Crippen LogP contribution in [0.15, 0.2) is 36.4 Å². The van der Waals surface area contributed by atoms with Crippen LogP contribution in [-0.4, -0.2) is 34.8 Å². The summed E-state index contributed by atoms with van der Waals surface area (Å²) in [5.74, 6) is -1.42. The minimum absolute atomic E-state index is 0.0336. The van der Waals surface area contributed by atoms with Gasteiger partial charge < -0.3 is 16.2 Å². The molecule has 4 aromatic rings. The summed E-state index contributed by atoms with van der Waals surface area (Å²) in [5, 5.41) is 19.0. The van der Waals surface area contributed by atoms with Crippen LogP contribution in [0.25, 0.3) is 22.0 Å². The smallest absolute Gasteiger partial charge is 0.366 e. The van der Waals surface area contributed by atoms with Crippen molar-refractivity contribution in [1.82, 2.24) is 15.1 Å². The Hall–Kier alpha value is -4.25. The van der Waals surface area contributed by atoms with Crippen LogP contribution < -0.4 is 11.1 Å². The van der Waals surface area contributed by atoms with E-state index in [9.17, 15) is 36.6 Å². The normalized spacial score (nSPS) is 16.4. The molecule has 0 radical (unpaired) electrons. The first-order valence-electron chi connectivity index (χ1n) is 15.4. The number of hydrogen-bond acceptors (Lipinski definition) is 4. The molecular weight excluding hydrogens is 683 g/mol. The molecule has 0 fully saturated rings. The maximum atomic E-state index is 14.7. The van der Waals surface area contributed by atoms with Gasteiger partial charge in [0.25, 0.3) is 5.91 Å². The van der Waals surface area contributed by atoms with Crippen molar-refractivity contribution in [3.8, 4) is 22.6 Å². The zero-order valence-corrected chi connectivity index (χ0v) is 29.5. The van der Waals surface area contributed by atoms with Crippen molar-refractivity contribution in [2.24, 2.45) is 12.8 Å². The summed E-state index contributed by atoms with van der Waals surface area (Å²) in [5.41, 5.74) is 2.06. The summed E-state index contributed by atoms with van der Waals surface area (Å²) >= 11 is 6.38. The van der Waals surface area contributed by atoms with E-state index in [4.69, 9.17) is 17.3 Å². The van der Waals surface area contributed by atoms with Gasteiger partial charge in [0.05, 0.1) is 16.7 Å². The van der Waals surface area contributed by atoms with Gasteiger partial charge in [0.15, 0.2) is 5.72 Å². The van der Waals surface area contributed by atoms with Gasteiger partial charge in [0.2, 0.25) is 5.91 Å². The zero-order chi connectivity index (χ0) is 36.5. The molecule has 4 N–H and O–H groups in total. The molecule has 7 nitrogen and oxygen atoms in total. The molecule has 0 saturated heterocycles. The van der Waals surface area contributed by atoms with E-state index < -0.39 is 76.8 Å². The Bertz CT molecular complexity index is 2090. The number of benzene rings is 3. The van der Waals surface area contributed by atoms with Crippen molar-refractivity contribution in [3.63, 3.8) is 0 Å². The number of primary amides is 1. The highest BCUT2D eigenvalue weighted by Crippen LogP contribution is 2.50. The van der Waals surface area contributed by atoms with Gasteiger partial charge in [-0.1, -0.05) is 59.1 Å². The fraction of sp³-hybridized carbons (Fsp3) is 0.343. The number of aliphatic hydroxyl groups is 1. The predicted octanol–water partition coefficient (Wildman–Crippen LogP) is 7.80. The third-order valence-electron chi connectivity index (χ3n) is 9.54. The number of halogens is 6. The first-order chi connectivity index (χ1) is 22.7. The van der Waals surface area contributed by atoms with E-state index >= 15 is 0 Å². The molecule has 1 aromatic heterocycles. The lowest BCUT2D eigenvalue weighted by Crippen LogP contribution is -2.43. The van der Waals surface area contributed by atoms with E-state index in [2.05, 4.69) is 63.4 Å². The van der Waals surface area contributed by atoms with Crippen LogP contribution in [0.4, 0.5) is 22.0 Å². The van der Waals surface area contributed by atoms with Crippen molar-refractivity contribution in [2.75, 3.05) is 0 Å². The average Bonchev–Trinajstić information content (AvgIpc) is 3.45. The fourth-order valence-corrected chi connectivity index (χ4v) is 12.9. The Kier molecular flexibility index (Phi) is 9.02. The lowest BCUT2D eigenvalue weighted by atomic mass is 9.82. The molecule has 1 aliphatic rings. The minimum Gasteiger partial charge on any atom is -0.366 e. The molecule has 0 bridgehead atoms. The Morgan fingerprint density at radius 1 is 1.02 bits per heavy atom. The molecule has 49 heavy (non-hydrogen) atoms. The van der Waals surface area contributed by atoms with Crippen LogP contribution in [0.3, 0.4) is 0 Å². The van der Waals surface area contributed by atoms with Crippen LogP contribution in [0.2, 0.25) is 21.6 Å². The van der Waals surface area contributed by atoms with Crippen LogP contribution in [0.5, 0.6) is 0 Å². The molecule has 2 amide bonds. The Labute approximate surface area is 285 Å². The maximum Gasteiger partial charge on any atom is 0.417 e. The number of nitrogens with zero attached hydrogens (tertiary/aromatic N) is 2. The van der Waals surface area contributed by atoms with E-state index in [1.165, 1.54) is 10.7 Å². The second-order valence-corrected chi connectivity index (χ2v) is 19.2. The van der Waals surface area contributed by atoms with Crippen molar-refractivity contribution >= 4 is 42.4 Å². The number of nitrogens with one attached hydrogen (secondary N) is 1. The summed E-state index contributed by atoms with van der Waals surface area (Å²) in [4.78, 5) is 26.5. The molecule has 3 aromatic carbocycles. The highest BCUT2D eigenvalue weighted by Gasteiger charge is 2.50. The number of carbonyl (C=O) groups excluding carboxylic acids is 2. The monoisotopic (exact) mass is 716 g/mol. The third-order valence-corrected chi connectivity index (χ3v) is 16.2. The van der Waals surface area contributed by atoms with Gasteiger partial charge in [-0.3, -0.25) is 14.3 Å². The van der Waals surface area contributed by atoms with Gasteiger partial charge in [-0.25, -0.2) is 8.78 Å². The Balaban J connectivity index is 2.03. The number of nitrogens with two attached hydrogens (primary N) is 1.